The van der Waals surface area contributed by atoms with E-state index in [1.807, 2.05) is 11.8 Å². The van der Waals surface area contributed by atoms with E-state index >= 15 is 0 Å². The second kappa shape index (κ2) is 8.99. The van der Waals surface area contributed by atoms with Crippen molar-refractivity contribution < 1.29 is 4.79 Å². The Morgan fingerprint density at radius 2 is 1.76 bits per heavy atom. The molecule has 0 atom stereocenters. The molecule has 0 heterocycles. The molecular formula is C16H30N2OS2. The van der Waals surface area contributed by atoms with Crippen LogP contribution in [0.15, 0.2) is 0 Å². The number of carbonyl (C=O) groups is 1. The Morgan fingerprint density at radius 3 is 2.14 bits per heavy atom. The van der Waals surface area contributed by atoms with Crippen LogP contribution in [-0.2, 0) is 4.79 Å². The van der Waals surface area contributed by atoms with Crippen LogP contribution in [0.25, 0.3) is 0 Å². The lowest BCUT2D eigenvalue weighted by Gasteiger charge is -2.35. The fraction of sp³-hybridized carbons (Fsp3) is 0.875. The standard InChI is InChI=1S/C16H30N2OS2/c1-4-10-16(11-5-2,14(17)20)15(19)18-12-6-8-13(21-3)9-7-12/h12-13H,4-11H2,1-3H3,(H2,17,20)(H,18,19). The first-order chi connectivity index (χ1) is 10.00. The molecule has 21 heavy (non-hydrogen) atoms. The molecule has 0 aliphatic heterocycles. The van der Waals surface area contributed by atoms with Crippen LogP contribution in [0.4, 0.5) is 0 Å². The normalized spacial score (nSPS) is 22.8. The lowest BCUT2D eigenvalue weighted by atomic mass is 9.77. The van der Waals surface area contributed by atoms with Gasteiger partial charge in [0.15, 0.2) is 0 Å². The van der Waals surface area contributed by atoms with Crippen LogP contribution >= 0.6 is 24.0 Å². The van der Waals surface area contributed by atoms with Crippen molar-refractivity contribution in [2.45, 2.75) is 76.5 Å². The highest BCUT2D eigenvalue weighted by Crippen LogP contribution is 2.33. The molecule has 0 saturated heterocycles. The monoisotopic (exact) mass is 330 g/mol. The summed E-state index contributed by atoms with van der Waals surface area (Å²) in [5.41, 5.74) is 5.32. The molecule has 0 unspecified atom stereocenters. The minimum Gasteiger partial charge on any atom is -0.392 e. The zero-order valence-corrected chi connectivity index (χ0v) is 15.2. The molecule has 1 aliphatic carbocycles. The molecule has 1 saturated carbocycles. The molecule has 5 heteroatoms. The quantitative estimate of drug-likeness (QED) is 0.667. The molecule has 122 valence electrons. The molecule has 0 aromatic carbocycles. The van der Waals surface area contributed by atoms with Gasteiger partial charge in [0.1, 0.15) is 0 Å². The molecule has 0 aromatic heterocycles. The fourth-order valence-electron chi connectivity index (χ4n) is 3.33. The van der Waals surface area contributed by atoms with E-state index < -0.39 is 5.41 Å². The molecule has 0 spiro atoms. The molecule has 1 amide bonds. The topological polar surface area (TPSA) is 55.1 Å². The zero-order valence-electron chi connectivity index (χ0n) is 13.6. The summed E-state index contributed by atoms with van der Waals surface area (Å²) in [7, 11) is 0. The summed E-state index contributed by atoms with van der Waals surface area (Å²) >= 11 is 7.19. The Bertz CT molecular complexity index is 346. The fourth-order valence-corrected chi connectivity index (χ4v) is 4.37. The van der Waals surface area contributed by atoms with E-state index in [1.165, 1.54) is 12.8 Å². The summed E-state index contributed by atoms with van der Waals surface area (Å²) in [6.07, 6.45) is 10.0. The lowest BCUT2D eigenvalue weighted by molar-refractivity contribution is -0.129. The number of hydrogen-bond donors (Lipinski definition) is 2. The summed E-state index contributed by atoms with van der Waals surface area (Å²) in [6.45, 7) is 4.17. The van der Waals surface area contributed by atoms with Gasteiger partial charge in [0, 0.05) is 11.3 Å². The van der Waals surface area contributed by atoms with Gasteiger partial charge in [0.2, 0.25) is 5.91 Å². The number of rotatable bonds is 8. The minimum atomic E-state index is -0.644. The number of thioether (sulfide) groups is 1. The largest absolute Gasteiger partial charge is 0.392 e. The van der Waals surface area contributed by atoms with E-state index in [4.69, 9.17) is 18.0 Å². The molecule has 1 rings (SSSR count). The van der Waals surface area contributed by atoms with Crippen LogP contribution in [0.2, 0.25) is 0 Å². The molecule has 1 fully saturated rings. The third-order valence-corrected chi connectivity index (χ3v) is 6.13. The maximum atomic E-state index is 12.8. The number of carbonyl (C=O) groups excluding carboxylic acids is 1. The molecule has 1 aliphatic rings. The lowest BCUT2D eigenvalue weighted by Crippen LogP contribution is -2.52. The maximum Gasteiger partial charge on any atom is 0.233 e. The SMILES string of the molecule is CCCC(CCC)(C(=O)NC1CCC(SC)CC1)C(N)=S. The highest BCUT2D eigenvalue weighted by molar-refractivity contribution is 7.99. The van der Waals surface area contributed by atoms with Crippen molar-refractivity contribution in [3.63, 3.8) is 0 Å². The van der Waals surface area contributed by atoms with Gasteiger partial charge in [-0.05, 0) is 44.8 Å². The predicted octanol–water partition coefficient (Wildman–Crippen LogP) is 3.65. The Hall–Kier alpha value is -0.290. The van der Waals surface area contributed by atoms with Gasteiger partial charge < -0.3 is 11.1 Å². The average molecular weight is 331 g/mol. The van der Waals surface area contributed by atoms with Crippen LogP contribution in [0.3, 0.4) is 0 Å². The molecule has 3 nitrogen and oxygen atoms in total. The summed E-state index contributed by atoms with van der Waals surface area (Å²) in [5.74, 6) is 0.0614. The van der Waals surface area contributed by atoms with Crippen molar-refractivity contribution in [2.75, 3.05) is 6.26 Å². The van der Waals surface area contributed by atoms with Gasteiger partial charge >= 0.3 is 0 Å². The number of nitrogens with one attached hydrogen (secondary N) is 1. The number of thiocarbonyl (C=S) groups is 1. The summed E-state index contributed by atoms with van der Waals surface area (Å²) in [6, 6.07) is 0.295. The zero-order chi connectivity index (χ0) is 15.9. The van der Waals surface area contributed by atoms with Crippen LogP contribution in [0, 0.1) is 5.41 Å². The predicted molar refractivity (Wildman–Crippen MR) is 96.7 cm³/mol. The van der Waals surface area contributed by atoms with Crippen LogP contribution in [0.1, 0.15) is 65.2 Å². The number of amides is 1. The van der Waals surface area contributed by atoms with E-state index in [0.29, 0.717) is 11.0 Å². The van der Waals surface area contributed by atoms with Crippen molar-refractivity contribution in [3.8, 4) is 0 Å². The molecule has 0 bridgehead atoms. The first kappa shape index (κ1) is 18.8. The minimum absolute atomic E-state index is 0.0614. The van der Waals surface area contributed by atoms with E-state index in [2.05, 4.69) is 25.4 Å². The van der Waals surface area contributed by atoms with Crippen molar-refractivity contribution in [3.05, 3.63) is 0 Å². The summed E-state index contributed by atoms with van der Waals surface area (Å²) < 4.78 is 0. The first-order valence-electron chi connectivity index (χ1n) is 8.13. The Kier molecular flexibility index (Phi) is 8.03. The van der Waals surface area contributed by atoms with Crippen molar-refractivity contribution in [1.82, 2.24) is 5.32 Å². The Balaban J connectivity index is 2.70. The van der Waals surface area contributed by atoms with Gasteiger partial charge in [-0.15, -0.1) is 0 Å². The van der Waals surface area contributed by atoms with E-state index in [9.17, 15) is 4.79 Å². The van der Waals surface area contributed by atoms with Gasteiger partial charge in [-0.1, -0.05) is 38.9 Å². The smallest absolute Gasteiger partial charge is 0.233 e. The molecule has 0 aromatic rings. The average Bonchev–Trinajstić information content (AvgIpc) is 2.47. The molecule has 0 radical (unpaired) electrons. The van der Waals surface area contributed by atoms with Crippen molar-refractivity contribution in [2.24, 2.45) is 11.1 Å². The number of hydrogen-bond acceptors (Lipinski definition) is 3. The number of nitrogens with two attached hydrogens (primary N) is 1. The second-order valence-corrected chi connectivity index (χ2v) is 7.71. The van der Waals surface area contributed by atoms with Crippen LogP contribution < -0.4 is 11.1 Å². The van der Waals surface area contributed by atoms with Gasteiger partial charge in [0.25, 0.3) is 0 Å². The van der Waals surface area contributed by atoms with Gasteiger partial charge in [-0.3, -0.25) is 4.79 Å². The molecule has 3 N–H and O–H groups in total. The van der Waals surface area contributed by atoms with Crippen LogP contribution in [0.5, 0.6) is 0 Å². The summed E-state index contributed by atoms with van der Waals surface area (Å²) in [4.78, 5) is 13.2. The van der Waals surface area contributed by atoms with Crippen molar-refractivity contribution in [1.29, 1.82) is 0 Å². The highest BCUT2D eigenvalue weighted by Gasteiger charge is 2.40. The third kappa shape index (κ3) is 4.85. The van der Waals surface area contributed by atoms with Crippen LogP contribution in [-0.4, -0.2) is 28.4 Å². The van der Waals surface area contributed by atoms with E-state index in [-0.39, 0.29) is 5.91 Å². The Morgan fingerprint density at radius 1 is 1.24 bits per heavy atom. The van der Waals surface area contributed by atoms with Gasteiger partial charge in [0.05, 0.1) is 10.4 Å². The van der Waals surface area contributed by atoms with Gasteiger partial charge in [-0.25, -0.2) is 0 Å². The Labute approximate surface area is 139 Å². The van der Waals surface area contributed by atoms with Crippen molar-refractivity contribution >= 4 is 34.9 Å². The maximum absolute atomic E-state index is 12.8. The van der Waals surface area contributed by atoms with Gasteiger partial charge in [-0.2, -0.15) is 11.8 Å². The first-order valence-corrected chi connectivity index (χ1v) is 9.83. The summed E-state index contributed by atoms with van der Waals surface area (Å²) in [5, 5.41) is 3.99. The van der Waals surface area contributed by atoms with E-state index in [0.717, 1.165) is 43.8 Å². The third-order valence-electron chi connectivity index (χ3n) is 4.60. The van der Waals surface area contributed by atoms with E-state index in [1.54, 1.807) is 0 Å². The second-order valence-electron chi connectivity index (χ2n) is 6.13. The highest BCUT2D eigenvalue weighted by atomic mass is 32.2. The molecular weight excluding hydrogens is 300 g/mol.